The number of halogens is 1. The molecule has 0 radical (unpaired) electrons. The molecule has 0 aliphatic carbocycles. The van der Waals surface area contributed by atoms with E-state index in [-0.39, 0.29) is 23.2 Å². The Bertz CT molecular complexity index is 710. The van der Waals surface area contributed by atoms with Gasteiger partial charge in [0, 0.05) is 25.2 Å². The fraction of sp³-hybridized carbons (Fsp3) is 0.267. The van der Waals surface area contributed by atoms with Gasteiger partial charge in [-0.25, -0.2) is 4.68 Å². The number of rotatable bonds is 3. The Morgan fingerprint density at radius 1 is 1.24 bits per heavy atom. The lowest BCUT2D eigenvalue weighted by Gasteiger charge is -2.25. The SMILES string of the molecule is CC(c1ccc(Cl)cc1)N(C)C(=O)c1ccc(=O)n(C)n1. The van der Waals surface area contributed by atoms with Gasteiger partial charge in [-0.3, -0.25) is 9.59 Å². The second-order valence-corrected chi connectivity index (χ2v) is 5.26. The molecule has 2 rings (SSSR count). The maximum atomic E-state index is 12.4. The van der Waals surface area contributed by atoms with E-state index in [4.69, 9.17) is 11.6 Å². The first-order valence-corrected chi connectivity index (χ1v) is 6.85. The molecule has 1 amide bonds. The normalized spacial score (nSPS) is 12.0. The maximum absolute atomic E-state index is 12.4. The lowest BCUT2D eigenvalue weighted by Crippen LogP contribution is -2.32. The van der Waals surface area contributed by atoms with Crippen LogP contribution in [0.15, 0.2) is 41.2 Å². The molecule has 1 aromatic heterocycles. The van der Waals surface area contributed by atoms with Crippen LogP contribution in [0, 0.1) is 0 Å². The molecule has 0 saturated carbocycles. The van der Waals surface area contributed by atoms with Gasteiger partial charge in [-0.1, -0.05) is 23.7 Å². The minimum Gasteiger partial charge on any atom is -0.334 e. The van der Waals surface area contributed by atoms with Gasteiger partial charge in [0.15, 0.2) is 0 Å². The molecule has 2 aromatic rings. The van der Waals surface area contributed by atoms with E-state index >= 15 is 0 Å². The van der Waals surface area contributed by atoms with Crippen molar-refractivity contribution in [2.24, 2.45) is 7.05 Å². The highest BCUT2D eigenvalue weighted by Crippen LogP contribution is 2.21. The quantitative estimate of drug-likeness (QED) is 0.874. The molecule has 0 fully saturated rings. The van der Waals surface area contributed by atoms with Crippen molar-refractivity contribution in [2.75, 3.05) is 7.05 Å². The summed E-state index contributed by atoms with van der Waals surface area (Å²) in [6.07, 6.45) is 0. The highest BCUT2D eigenvalue weighted by atomic mass is 35.5. The molecule has 6 heteroatoms. The van der Waals surface area contributed by atoms with Gasteiger partial charge in [-0.2, -0.15) is 5.10 Å². The molecule has 1 atom stereocenters. The summed E-state index contributed by atoms with van der Waals surface area (Å²) in [5, 5.41) is 4.63. The van der Waals surface area contributed by atoms with Crippen LogP contribution in [0.4, 0.5) is 0 Å². The van der Waals surface area contributed by atoms with Crippen molar-refractivity contribution < 1.29 is 4.79 Å². The van der Waals surface area contributed by atoms with Crippen molar-refractivity contribution in [3.8, 4) is 0 Å². The highest BCUT2D eigenvalue weighted by molar-refractivity contribution is 6.30. The Morgan fingerprint density at radius 2 is 1.86 bits per heavy atom. The van der Waals surface area contributed by atoms with Gasteiger partial charge in [0.1, 0.15) is 5.69 Å². The lowest BCUT2D eigenvalue weighted by atomic mass is 10.1. The van der Waals surface area contributed by atoms with Gasteiger partial charge in [-0.15, -0.1) is 0 Å². The zero-order valence-electron chi connectivity index (χ0n) is 12.1. The summed E-state index contributed by atoms with van der Waals surface area (Å²) in [7, 11) is 3.22. The maximum Gasteiger partial charge on any atom is 0.274 e. The third kappa shape index (κ3) is 3.31. The predicted molar refractivity (Wildman–Crippen MR) is 81.4 cm³/mol. The Hall–Kier alpha value is -2.14. The van der Waals surface area contributed by atoms with E-state index in [0.29, 0.717) is 5.02 Å². The molecule has 0 spiro atoms. The molecule has 0 N–H and O–H groups in total. The van der Waals surface area contributed by atoms with Crippen LogP contribution in [0.2, 0.25) is 5.02 Å². The molecule has 5 nitrogen and oxygen atoms in total. The van der Waals surface area contributed by atoms with Crippen LogP contribution in [0.1, 0.15) is 29.0 Å². The first-order valence-electron chi connectivity index (χ1n) is 6.47. The number of hydrogen-bond acceptors (Lipinski definition) is 3. The first kappa shape index (κ1) is 15.3. The molecule has 0 aliphatic rings. The van der Waals surface area contributed by atoms with Crippen molar-refractivity contribution in [3.63, 3.8) is 0 Å². The van der Waals surface area contributed by atoms with Gasteiger partial charge in [-0.05, 0) is 30.7 Å². The van der Waals surface area contributed by atoms with E-state index in [1.165, 1.54) is 19.2 Å². The third-order valence-electron chi connectivity index (χ3n) is 3.43. The van der Waals surface area contributed by atoms with E-state index in [9.17, 15) is 9.59 Å². The zero-order valence-corrected chi connectivity index (χ0v) is 12.8. The zero-order chi connectivity index (χ0) is 15.6. The molecule has 1 heterocycles. The number of hydrogen-bond donors (Lipinski definition) is 0. The van der Waals surface area contributed by atoms with Crippen LogP contribution in [0.25, 0.3) is 0 Å². The second-order valence-electron chi connectivity index (χ2n) is 4.82. The Labute approximate surface area is 127 Å². The third-order valence-corrected chi connectivity index (χ3v) is 3.69. The fourth-order valence-corrected chi connectivity index (χ4v) is 2.06. The smallest absolute Gasteiger partial charge is 0.274 e. The van der Waals surface area contributed by atoms with Crippen molar-refractivity contribution >= 4 is 17.5 Å². The summed E-state index contributed by atoms with van der Waals surface area (Å²) in [6, 6.07) is 9.98. The first-order chi connectivity index (χ1) is 9.90. The molecule has 1 aromatic carbocycles. The molecule has 21 heavy (non-hydrogen) atoms. The van der Waals surface area contributed by atoms with E-state index in [1.54, 1.807) is 24.1 Å². The largest absolute Gasteiger partial charge is 0.334 e. The van der Waals surface area contributed by atoms with Crippen molar-refractivity contribution in [3.05, 3.63) is 63.0 Å². The number of carbonyl (C=O) groups excluding carboxylic acids is 1. The molecule has 1 unspecified atom stereocenters. The molecular weight excluding hydrogens is 290 g/mol. The topological polar surface area (TPSA) is 55.2 Å². The average Bonchev–Trinajstić information content (AvgIpc) is 2.48. The van der Waals surface area contributed by atoms with E-state index in [2.05, 4.69) is 5.10 Å². The number of amides is 1. The Balaban J connectivity index is 2.23. The van der Waals surface area contributed by atoms with Crippen LogP contribution in [-0.2, 0) is 7.05 Å². The van der Waals surface area contributed by atoms with Crippen molar-refractivity contribution in [1.82, 2.24) is 14.7 Å². The van der Waals surface area contributed by atoms with E-state index in [1.807, 2.05) is 19.1 Å². The highest BCUT2D eigenvalue weighted by Gasteiger charge is 2.20. The molecular formula is C15H16ClN3O2. The van der Waals surface area contributed by atoms with E-state index in [0.717, 1.165) is 10.2 Å². The molecule has 0 bridgehead atoms. The van der Waals surface area contributed by atoms with Gasteiger partial charge in [0.05, 0.1) is 6.04 Å². The van der Waals surface area contributed by atoms with Crippen molar-refractivity contribution in [1.29, 1.82) is 0 Å². The van der Waals surface area contributed by atoms with Crippen LogP contribution in [0.5, 0.6) is 0 Å². The predicted octanol–water partition coefficient (Wildman–Crippen LogP) is 2.27. The minimum absolute atomic E-state index is 0.131. The summed E-state index contributed by atoms with van der Waals surface area (Å²) in [4.78, 5) is 25.3. The standard InChI is InChI=1S/C15H16ClN3O2/c1-10(11-4-6-12(16)7-5-11)18(2)15(21)13-8-9-14(20)19(3)17-13/h4-10H,1-3H3. The molecule has 0 saturated heterocycles. The van der Waals surface area contributed by atoms with Gasteiger partial charge >= 0.3 is 0 Å². The fourth-order valence-electron chi connectivity index (χ4n) is 1.94. The average molecular weight is 306 g/mol. The summed E-state index contributed by atoms with van der Waals surface area (Å²) < 4.78 is 1.15. The van der Waals surface area contributed by atoms with Gasteiger partial charge < -0.3 is 4.90 Å². The molecule has 110 valence electrons. The van der Waals surface area contributed by atoms with Crippen LogP contribution in [-0.4, -0.2) is 27.6 Å². The Morgan fingerprint density at radius 3 is 2.43 bits per heavy atom. The number of carbonyl (C=O) groups is 1. The minimum atomic E-state index is -0.250. The number of benzene rings is 1. The van der Waals surface area contributed by atoms with Crippen LogP contribution < -0.4 is 5.56 Å². The second kappa shape index (κ2) is 6.10. The summed E-state index contributed by atoms with van der Waals surface area (Å²) in [5.74, 6) is -0.243. The van der Waals surface area contributed by atoms with Gasteiger partial charge in [0.25, 0.3) is 11.5 Å². The number of aryl methyl sites for hydroxylation is 1. The van der Waals surface area contributed by atoms with E-state index < -0.39 is 0 Å². The number of nitrogens with zero attached hydrogens (tertiary/aromatic N) is 3. The summed E-state index contributed by atoms with van der Waals surface area (Å²) in [6.45, 7) is 1.92. The van der Waals surface area contributed by atoms with Crippen LogP contribution in [0.3, 0.4) is 0 Å². The lowest BCUT2D eigenvalue weighted by molar-refractivity contribution is 0.0734. The monoisotopic (exact) mass is 305 g/mol. The molecule has 0 aliphatic heterocycles. The summed E-state index contributed by atoms with van der Waals surface area (Å²) >= 11 is 5.86. The van der Waals surface area contributed by atoms with Gasteiger partial charge in [0.2, 0.25) is 0 Å². The Kier molecular flexibility index (Phi) is 4.43. The number of aromatic nitrogens is 2. The summed E-state index contributed by atoms with van der Waals surface area (Å²) in [5.41, 5.74) is 0.959. The van der Waals surface area contributed by atoms with Crippen LogP contribution >= 0.6 is 11.6 Å². The van der Waals surface area contributed by atoms with Crippen molar-refractivity contribution in [2.45, 2.75) is 13.0 Å².